The molecule has 1 aliphatic rings. The molecule has 4 heteroatoms. The first-order valence-electron chi connectivity index (χ1n) is 6.31. The van der Waals surface area contributed by atoms with Gasteiger partial charge in [-0.25, -0.2) is 0 Å². The normalized spacial score (nSPS) is 18.8. The van der Waals surface area contributed by atoms with Crippen LogP contribution in [0.25, 0.3) is 0 Å². The molecule has 1 fully saturated rings. The van der Waals surface area contributed by atoms with Crippen LogP contribution in [0.5, 0.6) is 5.75 Å². The number of nitrogens with one attached hydrogen (secondary N) is 1. The maximum Gasteiger partial charge on any atom is 0.241 e. The molecule has 0 spiro atoms. The number of hydrogen-bond donors (Lipinski definition) is 1. The predicted molar refractivity (Wildman–Crippen MR) is 72.0 cm³/mol. The molecule has 1 aromatic rings. The van der Waals surface area contributed by atoms with Gasteiger partial charge in [0.15, 0.2) is 0 Å². The first-order valence-corrected chi connectivity index (χ1v) is 6.31. The van der Waals surface area contributed by atoms with Gasteiger partial charge in [-0.3, -0.25) is 4.79 Å². The lowest BCUT2D eigenvalue weighted by Gasteiger charge is -2.42. The van der Waals surface area contributed by atoms with Crippen molar-refractivity contribution >= 4 is 11.6 Å². The zero-order chi connectivity index (χ0) is 13.2. The number of piperazine rings is 1. The van der Waals surface area contributed by atoms with Crippen LogP contribution in [0.3, 0.4) is 0 Å². The Hall–Kier alpha value is -1.55. The molecule has 0 aromatic heterocycles. The van der Waals surface area contributed by atoms with Crippen LogP contribution in [0.4, 0.5) is 5.69 Å². The summed E-state index contributed by atoms with van der Waals surface area (Å²) in [6.07, 6.45) is 0. The largest absolute Gasteiger partial charge is 0.494 e. The summed E-state index contributed by atoms with van der Waals surface area (Å²) in [6.45, 7) is 7.93. The van der Waals surface area contributed by atoms with Gasteiger partial charge in [-0.2, -0.15) is 0 Å². The van der Waals surface area contributed by atoms with Crippen molar-refractivity contribution in [3.8, 4) is 5.75 Å². The van der Waals surface area contributed by atoms with Crippen molar-refractivity contribution in [1.82, 2.24) is 5.32 Å². The van der Waals surface area contributed by atoms with Crippen LogP contribution in [0.2, 0.25) is 0 Å². The maximum absolute atomic E-state index is 12.1. The summed E-state index contributed by atoms with van der Waals surface area (Å²) in [5, 5.41) is 3.14. The molecule has 0 aliphatic carbocycles. The van der Waals surface area contributed by atoms with Crippen molar-refractivity contribution < 1.29 is 9.53 Å². The summed E-state index contributed by atoms with van der Waals surface area (Å²) in [6, 6.07) is 7.69. The minimum atomic E-state index is -0.206. The highest BCUT2D eigenvalue weighted by molar-refractivity contribution is 5.97. The molecular formula is C14H20N2O2. The Balaban J connectivity index is 2.25. The van der Waals surface area contributed by atoms with E-state index in [0.717, 1.165) is 18.0 Å². The van der Waals surface area contributed by atoms with E-state index in [9.17, 15) is 4.79 Å². The highest BCUT2D eigenvalue weighted by atomic mass is 16.5. The number of benzene rings is 1. The van der Waals surface area contributed by atoms with E-state index in [1.54, 1.807) is 0 Å². The quantitative estimate of drug-likeness (QED) is 0.887. The molecule has 1 saturated heterocycles. The van der Waals surface area contributed by atoms with Gasteiger partial charge in [0.2, 0.25) is 5.91 Å². The Morgan fingerprint density at radius 1 is 1.33 bits per heavy atom. The molecule has 18 heavy (non-hydrogen) atoms. The summed E-state index contributed by atoms with van der Waals surface area (Å²) >= 11 is 0. The molecule has 0 saturated carbocycles. The molecule has 0 bridgehead atoms. The summed E-state index contributed by atoms with van der Waals surface area (Å²) in [5.41, 5.74) is 0.720. The second-order valence-electron chi connectivity index (χ2n) is 5.07. The fourth-order valence-corrected chi connectivity index (χ4v) is 2.32. The number of carbonyl (C=O) groups excluding carboxylic acids is 1. The molecule has 0 radical (unpaired) electrons. The number of hydrogen-bond acceptors (Lipinski definition) is 3. The molecule has 2 rings (SSSR count). The molecule has 1 amide bonds. The Kier molecular flexibility index (Phi) is 3.57. The van der Waals surface area contributed by atoms with Gasteiger partial charge < -0.3 is 15.0 Å². The van der Waals surface area contributed by atoms with Crippen molar-refractivity contribution in [2.45, 2.75) is 26.3 Å². The number of ether oxygens (including phenoxy) is 1. The number of anilines is 1. The van der Waals surface area contributed by atoms with Crippen LogP contribution >= 0.6 is 0 Å². The SMILES string of the molecule is CCOc1ccc(N2C(=O)CNCC2(C)C)cc1. The Bertz CT molecular complexity index is 426. The molecule has 1 aromatic carbocycles. The van der Waals surface area contributed by atoms with E-state index in [-0.39, 0.29) is 11.4 Å². The van der Waals surface area contributed by atoms with Gasteiger partial charge in [-0.05, 0) is 45.0 Å². The molecule has 0 unspecified atom stereocenters. The first kappa shape index (κ1) is 12.9. The number of carbonyl (C=O) groups is 1. The fraction of sp³-hybridized carbons (Fsp3) is 0.500. The van der Waals surface area contributed by atoms with Crippen molar-refractivity contribution in [2.75, 3.05) is 24.6 Å². The highest BCUT2D eigenvalue weighted by Crippen LogP contribution is 2.27. The molecule has 0 atom stereocenters. The molecule has 1 heterocycles. The zero-order valence-electron chi connectivity index (χ0n) is 11.2. The van der Waals surface area contributed by atoms with Crippen LogP contribution in [-0.2, 0) is 4.79 Å². The van der Waals surface area contributed by atoms with Gasteiger partial charge in [0.25, 0.3) is 0 Å². The van der Waals surface area contributed by atoms with Gasteiger partial charge in [-0.15, -0.1) is 0 Å². The molecule has 1 N–H and O–H groups in total. The van der Waals surface area contributed by atoms with Crippen molar-refractivity contribution in [3.05, 3.63) is 24.3 Å². The van der Waals surface area contributed by atoms with E-state index in [1.807, 2.05) is 36.1 Å². The van der Waals surface area contributed by atoms with Gasteiger partial charge in [-0.1, -0.05) is 0 Å². The van der Waals surface area contributed by atoms with E-state index in [4.69, 9.17) is 4.74 Å². The Morgan fingerprint density at radius 3 is 2.56 bits per heavy atom. The Morgan fingerprint density at radius 2 is 2.00 bits per heavy atom. The monoisotopic (exact) mass is 248 g/mol. The van der Waals surface area contributed by atoms with Crippen molar-refractivity contribution in [1.29, 1.82) is 0 Å². The van der Waals surface area contributed by atoms with Crippen LogP contribution in [-0.4, -0.2) is 31.1 Å². The summed E-state index contributed by atoms with van der Waals surface area (Å²) in [7, 11) is 0. The fourth-order valence-electron chi connectivity index (χ4n) is 2.32. The number of amides is 1. The standard InChI is InChI=1S/C14H20N2O2/c1-4-18-12-7-5-11(6-8-12)16-13(17)9-15-10-14(16,2)3/h5-8,15H,4,9-10H2,1-3H3. The van der Waals surface area contributed by atoms with Crippen molar-refractivity contribution in [3.63, 3.8) is 0 Å². The maximum atomic E-state index is 12.1. The van der Waals surface area contributed by atoms with E-state index in [2.05, 4.69) is 19.2 Å². The summed E-state index contributed by atoms with van der Waals surface area (Å²) < 4.78 is 5.41. The van der Waals surface area contributed by atoms with Gasteiger partial charge in [0, 0.05) is 12.2 Å². The third-order valence-electron chi connectivity index (χ3n) is 3.09. The van der Waals surface area contributed by atoms with E-state index >= 15 is 0 Å². The average Bonchev–Trinajstić information content (AvgIpc) is 2.30. The second kappa shape index (κ2) is 4.98. The molecule has 98 valence electrons. The minimum absolute atomic E-state index is 0.107. The first-order chi connectivity index (χ1) is 8.54. The third-order valence-corrected chi connectivity index (χ3v) is 3.09. The lowest BCUT2D eigenvalue weighted by atomic mass is 9.99. The topological polar surface area (TPSA) is 41.6 Å². The third kappa shape index (κ3) is 2.48. The predicted octanol–water partition coefficient (Wildman–Crippen LogP) is 1.80. The summed E-state index contributed by atoms with van der Waals surface area (Å²) in [5.74, 6) is 0.942. The van der Waals surface area contributed by atoms with E-state index in [1.165, 1.54) is 0 Å². The van der Waals surface area contributed by atoms with Gasteiger partial charge >= 0.3 is 0 Å². The molecular weight excluding hydrogens is 228 g/mol. The lowest BCUT2D eigenvalue weighted by Crippen LogP contribution is -2.61. The van der Waals surface area contributed by atoms with Crippen molar-refractivity contribution in [2.24, 2.45) is 0 Å². The average molecular weight is 248 g/mol. The summed E-state index contributed by atoms with van der Waals surface area (Å²) in [4.78, 5) is 13.9. The molecule has 4 nitrogen and oxygen atoms in total. The van der Waals surface area contributed by atoms with Crippen LogP contribution in [0, 0.1) is 0 Å². The molecule has 1 aliphatic heterocycles. The van der Waals surface area contributed by atoms with E-state index in [0.29, 0.717) is 13.2 Å². The van der Waals surface area contributed by atoms with Crippen LogP contribution in [0.1, 0.15) is 20.8 Å². The Labute approximate surface area is 108 Å². The zero-order valence-corrected chi connectivity index (χ0v) is 11.2. The van der Waals surface area contributed by atoms with Gasteiger partial charge in [0.1, 0.15) is 5.75 Å². The highest BCUT2D eigenvalue weighted by Gasteiger charge is 2.35. The van der Waals surface area contributed by atoms with E-state index < -0.39 is 0 Å². The lowest BCUT2D eigenvalue weighted by molar-refractivity contribution is -0.120. The minimum Gasteiger partial charge on any atom is -0.494 e. The smallest absolute Gasteiger partial charge is 0.241 e. The second-order valence-corrected chi connectivity index (χ2v) is 5.07. The number of nitrogens with zero attached hydrogens (tertiary/aromatic N) is 1. The van der Waals surface area contributed by atoms with Crippen LogP contribution < -0.4 is 15.0 Å². The van der Waals surface area contributed by atoms with Gasteiger partial charge in [0.05, 0.1) is 18.7 Å². The van der Waals surface area contributed by atoms with Crippen LogP contribution in [0.15, 0.2) is 24.3 Å². The number of rotatable bonds is 3.